The Morgan fingerprint density at radius 1 is 0.933 bits per heavy atom. The van der Waals surface area contributed by atoms with E-state index in [1.54, 1.807) is 12.1 Å². The highest BCUT2D eigenvalue weighted by Gasteiger charge is 2.67. The number of benzene rings is 3. The lowest BCUT2D eigenvalue weighted by atomic mass is 9.52. The van der Waals surface area contributed by atoms with Crippen LogP contribution in [0, 0.1) is 40.9 Å². The fraction of sp³-hybridized carbons (Fsp3) is 0.500. The minimum absolute atomic E-state index is 0.0130. The van der Waals surface area contributed by atoms with E-state index >= 15 is 4.79 Å². The number of nitrogens with two attached hydrogens (primary N) is 1. The highest BCUT2D eigenvalue weighted by molar-refractivity contribution is 5.98. The van der Waals surface area contributed by atoms with Crippen molar-refractivity contribution in [1.82, 2.24) is 10.6 Å². The summed E-state index contributed by atoms with van der Waals surface area (Å²) in [4.78, 5) is 29.2. The average molecular weight is 1020 g/mol. The zero-order valence-corrected chi connectivity index (χ0v) is 44.2. The molecule has 3 aliphatic carbocycles. The Kier molecular flexibility index (Phi) is 17.0. The normalized spacial score (nSPS) is 36.1. The second kappa shape index (κ2) is 23.4. The van der Waals surface area contributed by atoms with Crippen molar-refractivity contribution >= 4 is 11.7 Å². The van der Waals surface area contributed by atoms with Gasteiger partial charge in [0, 0.05) is 30.7 Å². The topological polar surface area (TPSA) is 195 Å². The number of carbonyl (C=O) groups is 2. The van der Waals surface area contributed by atoms with Crippen LogP contribution >= 0.6 is 0 Å². The molecule has 398 valence electrons. The molecule has 3 aliphatic heterocycles. The lowest BCUT2D eigenvalue weighted by molar-refractivity contribution is -0.169. The van der Waals surface area contributed by atoms with Gasteiger partial charge in [0.25, 0.3) is 0 Å². The second-order valence-corrected chi connectivity index (χ2v) is 23.0. The molecule has 3 saturated carbocycles. The van der Waals surface area contributed by atoms with Crippen LogP contribution in [0.4, 0.5) is 0 Å². The smallest absolute Gasteiger partial charge is 0.243 e. The fourth-order valence-electron chi connectivity index (χ4n) is 14.1. The molecule has 0 saturated heterocycles. The maximum atomic E-state index is 15.2. The van der Waals surface area contributed by atoms with Crippen molar-refractivity contribution in [2.45, 2.75) is 159 Å². The average Bonchev–Trinajstić information content (AvgIpc) is 3.60. The molecule has 0 radical (unpaired) electrons. The Morgan fingerprint density at radius 2 is 1.71 bits per heavy atom. The molecule has 3 heterocycles. The van der Waals surface area contributed by atoms with Gasteiger partial charge in [0.2, 0.25) is 5.91 Å². The highest BCUT2D eigenvalue weighted by Crippen LogP contribution is 2.66. The van der Waals surface area contributed by atoms with Crippen molar-refractivity contribution in [1.29, 1.82) is 0 Å². The molecule has 75 heavy (non-hydrogen) atoms. The van der Waals surface area contributed by atoms with Gasteiger partial charge >= 0.3 is 0 Å². The number of fused-ring (bicyclic) bond motifs is 7. The summed E-state index contributed by atoms with van der Waals surface area (Å²) in [6, 6.07) is 19.8. The van der Waals surface area contributed by atoms with Gasteiger partial charge < -0.3 is 41.3 Å². The Balaban J connectivity index is 1.12. The molecule has 0 aromatic heterocycles. The maximum absolute atomic E-state index is 15.2. The monoisotopic (exact) mass is 1020 g/mol. The van der Waals surface area contributed by atoms with Crippen molar-refractivity contribution in [3.8, 4) is 17.6 Å². The number of hydrogen-bond donors (Lipinski definition) is 8. The van der Waals surface area contributed by atoms with Crippen LogP contribution in [0.5, 0.6) is 5.75 Å². The number of amides is 1. The Morgan fingerprint density at radius 3 is 2.51 bits per heavy atom. The summed E-state index contributed by atoms with van der Waals surface area (Å²) >= 11 is 0. The maximum Gasteiger partial charge on any atom is 0.243 e. The van der Waals surface area contributed by atoms with Gasteiger partial charge in [-0.25, -0.2) is 0 Å². The third-order valence-corrected chi connectivity index (χ3v) is 18.1. The van der Waals surface area contributed by atoms with Gasteiger partial charge in [0.15, 0.2) is 5.78 Å². The molecule has 1 spiro atoms. The van der Waals surface area contributed by atoms with Crippen molar-refractivity contribution in [3.05, 3.63) is 159 Å². The lowest BCUT2D eigenvalue weighted by Gasteiger charge is -2.56. The second-order valence-electron chi connectivity index (χ2n) is 23.0. The minimum Gasteiger partial charge on any atom is -0.508 e. The van der Waals surface area contributed by atoms with E-state index in [4.69, 9.17) is 10.5 Å². The molecule has 1 amide bonds. The first-order chi connectivity index (χ1) is 36.0. The fourth-order valence-corrected chi connectivity index (χ4v) is 14.1. The number of rotatable bonds is 2. The van der Waals surface area contributed by atoms with Crippen LogP contribution in [0.2, 0.25) is 0 Å². The highest BCUT2D eigenvalue weighted by atomic mass is 16.5. The third-order valence-electron chi connectivity index (χ3n) is 18.1. The van der Waals surface area contributed by atoms with E-state index in [0.29, 0.717) is 80.1 Å². The number of ketones is 1. The summed E-state index contributed by atoms with van der Waals surface area (Å²) < 4.78 is 6.66. The molecule has 11 nitrogen and oxygen atoms in total. The Hall–Kier alpha value is -5.42. The largest absolute Gasteiger partial charge is 0.508 e. The van der Waals surface area contributed by atoms with Crippen LogP contribution in [0.1, 0.15) is 137 Å². The van der Waals surface area contributed by atoms with E-state index in [9.17, 15) is 30.3 Å². The molecule has 0 unspecified atom stereocenters. The molecule has 3 fully saturated rings. The number of aliphatic hydroxyl groups is 4. The number of aromatic hydroxyl groups is 1. The SMILES string of the molecule is C=C1/C=C/C=C2\[C@H]3[C@@H](CCC[C@@H]2OCC#CC/C(C)=C/CC1)C[C@@]1([C@@H]2CC[C@@H](O)Cc4cccc(c4)C[C@@H](Cc4ccc(O)cc4)[C@H](O)CN[C@@H]4C(=O)N[C@H](N)c5cccc(c54)CC(=O)/C(C)=C/2CC[C@@]1(C)O)[C@@H]3O. The van der Waals surface area contributed by atoms with E-state index in [1.807, 2.05) is 68.5 Å². The molecule has 11 heteroatoms. The molecule has 6 aliphatic rings. The van der Waals surface area contributed by atoms with Crippen molar-refractivity contribution in [2.24, 2.45) is 34.8 Å². The molecular formula is C64H79N3O8. The van der Waals surface area contributed by atoms with Crippen LogP contribution in [0.15, 0.2) is 125 Å². The molecular weight excluding hydrogens is 939 g/mol. The zero-order valence-electron chi connectivity index (χ0n) is 44.2. The number of phenolic OH excluding ortho intramolecular Hbond substituents is 1. The molecule has 3 aromatic rings. The summed E-state index contributed by atoms with van der Waals surface area (Å²) in [7, 11) is 0. The Labute approximate surface area is 444 Å². The van der Waals surface area contributed by atoms with Crippen LogP contribution in [0.3, 0.4) is 0 Å². The summed E-state index contributed by atoms with van der Waals surface area (Å²) in [5.41, 5.74) is 13.7. The summed E-state index contributed by atoms with van der Waals surface area (Å²) in [5.74, 6) is 5.12. The van der Waals surface area contributed by atoms with Gasteiger partial charge in [-0.05, 0) is 172 Å². The minimum atomic E-state index is -1.33. The van der Waals surface area contributed by atoms with Gasteiger partial charge in [0.1, 0.15) is 24.6 Å². The predicted molar refractivity (Wildman–Crippen MR) is 293 cm³/mol. The predicted octanol–water partition coefficient (Wildman–Crippen LogP) is 8.58. The first kappa shape index (κ1) is 54.4. The van der Waals surface area contributed by atoms with E-state index in [1.165, 1.54) is 5.57 Å². The van der Waals surface area contributed by atoms with Crippen LogP contribution < -0.4 is 16.4 Å². The quantitative estimate of drug-likeness (QED) is 0.0911. The molecule has 2 bridgehead atoms. The van der Waals surface area contributed by atoms with Gasteiger partial charge in [-0.2, -0.15) is 0 Å². The molecule has 12 atom stereocenters. The van der Waals surface area contributed by atoms with Crippen molar-refractivity contribution in [2.75, 3.05) is 13.2 Å². The van der Waals surface area contributed by atoms with Crippen molar-refractivity contribution < 1.29 is 39.9 Å². The summed E-state index contributed by atoms with van der Waals surface area (Å²) in [6.07, 6.45) is 13.0. The van der Waals surface area contributed by atoms with E-state index < -0.39 is 47.5 Å². The molecule has 9 N–H and O–H groups in total. The molecule has 9 rings (SSSR count). The Bertz CT molecular complexity index is 2800. The first-order valence-electron chi connectivity index (χ1n) is 27.6. The van der Waals surface area contributed by atoms with Crippen molar-refractivity contribution in [3.63, 3.8) is 0 Å². The van der Waals surface area contributed by atoms with Gasteiger partial charge in [0.05, 0.1) is 30.0 Å². The summed E-state index contributed by atoms with van der Waals surface area (Å²) in [5, 5.41) is 67.2. The number of hydrogen-bond acceptors (Lipinski definition) is 10. The van der Waals surface area contributed by atoms with Crippen LogP contribution in [-0.4, -0.2) is 80.4 Å². The number of phenols is 1. The standard InChI is InChI=1S/C64H79N3O8/c1-39-12-5-6-31-75-56-22-11-19-46-37-64(60(72)58(46)51(56)20-8-15-40(2)14-7-13-39)53-28-27-49(69)35-44-17-9-16-43(32-44)34-47(33-42-23-25-48(68)26-24-42)55(71)38-66-59-57-45(18-10-21-52(57)61(65)67-62(59)73)36-54(70)41(3)50(53)29-30-63(64,4)74/h8-10,13,15-18,20-21,23-26,32,46-47,49,53,55-56,58-61,66,68-69,71-72,74H,2,7,11-12,14,19,22,27-31,33-38,65H2,1,3-4H3,(H,67,73)/b15-8+,39-13+,50-41+,51-20-/t46-,47+,49+,53+,55+,56-,58+,59-,60+,61-,63+,64+/m0/s1. The number of allylic oxidation sites excluding steroid dienone is 8. The van der Waals surface area contributed by atoms with Crippen LogP contribution in [0.25, 0.3) is 0 Å². The number of β-amino-alcohol motifs (C(OH)–C–C–N with tert-alkyl or cyclic N) is 1. The lowest BCUT2D eigenvalue weighted by Crippen LogP contribution is -2.59. The number of ether oxygens (including phenoxy) is 1. The van der Waals surface area contributed by atoms with Gasteiger partial charge in [-0.15, -0.1) is 0 Å². The number of aliphatic hydroxyl groups excluding tert-OH is 3. The first-order valence-corrected chi connectivity index (χ1v) is 27.6. The number of carbonyl (C=O) groups excluding carboxylic acids is 2. The van der Waals surface area contributed by atoms with E-state index in [0.717, 1.165) is 65.5 Å². The third kappa shape index (κ3) is 11.8. The van der Waals surface area contributed by atoms with Gasteiger partial charge in [-0.3, -0.25) is 14.9 Å². The van der Waals surface area contributed by atoms with Crippen LogP contribution in [-0.2, 0) is 40.0 Å². The number of Topliss-reactive ketones (excluding diaryl/α,β-unsaturated/α-hetero) is 1. The number of nitrogens with one attached hydrogen (secondary N) is 2. The van der Waals surface area contributed by atoms with Gasteiger partial charge in [-0.1, -0.05) is 120 Å². The summed E-state index contributed by atoms with van der Waals surface area (Å²) in [6.45, 7) is 10.5. The van der Waals surface area contributed by atoms with E-state index in [-0.39, 0.29) is 60.9 Å². The molecule has 3 aromatic carbocycles. The van der Waals surface area contributed by atoms with E-state index in [2.05, 4.69) is 60.3 Å². The zero-order chi connectivity index (χ0) is 53.0.